The Kier molecular flexibility index (Phi) is 10.5. The number of hydrogen-bond donors (Lipinski definition) is 4. The highest BCUT2D eigenvalue weighted by Crippen LogP contribution is 2.36. The molecule has 38 heavy (non-hydrogen) atoms. The van der Waals surface area contributed by atoms with E-state index in [-0.39, 0.29) is 31.5 Å². The van der Waals surface area contributed by atoms with Crippen LogP contribution in [0.2, 0.25) is 0 Å². The highest BCUT2D eigenvalue weighted by Gasteiger charge is 2.34. The van der Waals surface area contributed by atoms with Gasteiger partial charge in [0.05, 0.1) is 53.5 Å². The third-order valence-electron chi connectivity index (χ3n) is 5.21. The minimum atomic E-state index is -4.69. The first-order valence-electron chi connectivity index (χ1n) is 11.0. The van der Waals surface area contributed by atoms with E-state index in [0.29, 0.717) is 48.5 Å². The second-order valence-electron chi connectivity index (χ2n) is 7.97. The van der Waals surface area contributed by atoms with E-state index in [1.54, 1.807) is 6.07 Å². The molecule has 4 rings (SSSR count). The van der Waals surface area contributed by atoms with Crippen LogP contribution in [0, 0.1) is 11.7 Å². The van der Waals surface area contributed by atoms with Gasteiger partial charge in [0.15, 0.2) is 0 Å². The van der Waals surface area contributed by atoms with E-state index in [0.717, 1.165) is 12.1 Å². The van der Waals surface area contributed by atoms with Gasteiger partial charge in [-0.3, -0.25) is 14.6 Å². The Labute approximate surface area is 216 Å². The van der Waals surface area contributed by atoms with E-state index >= 15 is 0 Å². The number of halogens is 4. The van der Waals surface area contributed by atoms with Crippen molar-refractivity contribution in [1.82, 2.24) is 15.3 Å². The summed E-state index contributed by atoms with van der Waals surface area (Å²) in [6.07, 6.45) is -1.31. The summed E-state index contributed by atoms with van der Waals surface area (Å²) in [4.78, 5) is 30.2. The summed E-state index contributed by atoms with van der Waals surface area (Å²) in [6, 6.07) is 8.59. The van der Waals surface area contributed by atoms with E-state index in [9.17, 15) is 27.2 Å². The Morgan fingerprint density at radius 1 is 1.08 bits per heavy atom. The SMILES string of the molecule is C.NC(=O)c1ccc(N)nc1.O=C(NCc1ccc(Nc2ccc(F)cc2C(F)(F)F)cn1)[C@@H]1CCOC1. The molecule has 3 heterocycles. The summed E-state index contributed by atoms with van der Waals surface area (Å²) in [5.74, 6) is -1.36. The molecule has 0 saturated carbocycles. The molecule has 1 aromatic carbocycles. The van der Waals surface area contributed by atoms with Crippen molar-refractivity contribution in [2.24, 2.45) is 11.7 Å². The number of amides is 2. The first-order chi connectivity index (χ1) is 17.5. The third-order valence-corrected chi connectivity index (χ3v) is 5.21. The van der Waals surface area contributed by atoms with Crippen LogP contribution < -0.4 is 22.1 Å². The number of pyridine rings is 2. The van der Waals surface area contributed by atoms with Gasteiger partial charge in [-0.05, 0) is 48.9 Å². The summed E-state index contributed by atoms with van der Waals surface area (Å²) in [5.41, 5.74) is 10.1. The number of nitrogens with zero attached hydrogens (tertiary/aromatic N) is 2. The molecule has 0 bridgehead atoms. The Balaban J connectivity index is 0.000000389. The fraction of sp³-hybridized carbons (Fsp3) is 0.280. The first-order valence-corrected chi connectivity index (χ1v) is 11.0. The van der Waals surface area contributed by atoms with Crippen LogP contribution in [0.4, 0.5) is 34.8 Å². The minimum absolute atomic E-state index is 0. The molecule has 1 fully saturated rings. The van der Waals surface area contributed by atoms with Crippen molar-refractivity contribution in [2.75, 3.05) is 24.3 Å². The molecular weight excluding hydrogens is 508 g/mol. The number of ether oxygens (including phenoxy) is 1. The molecule has 13 heteroatoms. The van der Waals surface area contributed by atoms with Crippen molar-refractivity contribution in [3.63, 3.8) is 0 Å². The molecule has 3 aromatic rings. The van der Waals surface area contributed by atoms with Gasteiger partial charge >= 0.3 is 6.18 Å². The Bertz CT molecular complexity index is 1220. The lowest BCUT2D eigenvalue weighted by atomic mass is 10.1. The van der Waals surface area contributed by atoms with E-state index in [4.69, 9.17) is 16.2 Å². The van der Waals surface area contributed by atoms with Gasteiger partial charge < -0.3 is 26.8 Å². The molecule has 1 saturated heterocycles. The zero-order valence-electron chi connectivity index (χ0n) is 19.4. The number of alkyl halides is 3. The molecule has 0 aliphatic carbocycles. The second-order valence-corrected chi connectivity index (χ2v) is 7.97. The number of anilines is 3. The predicted octanol–water partition coefficient (Wildman–Crippen LogP) is 4.03. The van der Waals surface area contributed by atoms with Crippen LogP contribution in [-0.4, -0.2) is 35.0 Å². The number of nitrogens with one attached hydrogen (secondary N) is 2. The van der Waals surface area contributed by atoms with Crippen molar-refractivity contribution < 1.29 is 31.9 Å². The molecule has 1 aliphatic rings. The number of nitrogen functional groups attached to an aromatic ring is 1. The molecule has 0 radical (unpaired) electrons. The van der Waals surface area contributed by atoms with Crippen molar-refractivity contribution in [1.29, 1.82) is 0 Å². The van der Waals surface area contributed by atoms with Crippen molar-refractivity contribution in [2.45, 2.75) is 26.6 Å². The van der Waals surface area contributed by atoms with Crippen LogP contribution >= 0.6 is 0 Å². The monoisotopic (exact) mass is 536 g/mol. The van der Waals surface area contributed by atoms with E-state index in [1.807, 2.05) is 0 Å². The molecule has 204 valence electrons. The quantitative estimate of drug-likeness (QED) is 0.348. The number of rotatable bonds is 6. The number of carbonyl (C=O) groups is 2. The zero-order valence-corrected chi connectivity index (χ0v) is 19.4. The highest BCUT2D eigenvalue weighted by atomic mass is 19.4. The van der Waals surface area contributed by atoms with Gasteiger partial charge in [0.25, 0.3) is 0 Å². The lowest BCUT2D eigenvalue weighted by Crippen LogP contribution is -2.30. The molecular formula is C25H28F4N6O3. The summed E-state index contributed by atoms with van der Waals surface area (Å²) in [6.45, 7) is 1.18. The number of benzene rings is 1. The molecule has 9 nitrogen and oxygen atoms in total. The summed E-state index contributed by atoms with van der Waals surface area (Å²) >= 11 is 0. The molecule has 6 N–H and O–H groups in total. The smallest absolute Gasteiger partial charge is 0.384 e. The maximum absolute atomic E-state index is 13.1. The largest absolute Gasteiger partial charge is 0.418 e. The second kappa shape index (κ2) is 13.3. The van der Waals surface area contributed by atoms with E-state index in [2.05, 4.69) is 20.6 Å². The molecule has 1 atom stereocenters. The van der Waals surface area contributed by atoms with Gasteiger partial charge in [-0.25, -0.2) is 9.37 Å². The van der Waals surface area contributed by atoms with Crippen molar-refractivity contribution in [3.05, 3.63) is 77.5 Å². The molecule has 0 unspecified atom stereocenters. The van der Waals surface area contributed by atoms with Crippen LogP contribution in [0.1, 0.15) is 35.5 Å². The lowest BCUT2D eigenvalue weighted by Gasteiger charge is -2.15. The highest BCUT2D eigenvalue weighted by molar-refractivity contribution is 5.92. The number of hydrogen-bond acceptors (Lipinski definition) is 7. The van der Waals surface area contributed by atoms with Crippen molar-refractivity contribution in [3.8, 4) is 0 Å². The molecule has 2 amide bonds. The first kappa shape index (κ1) is 30.0. The third kappa shape index (κ3) is 8.69. The number of aromatic nitrogens is 2. The van der Waals surface area contributed by atoms with E-state index in [1.165, 1.54) is 30.6 Å². The van der Waals surface area contributed by atoms with Gasteiger partial charge in [0.1, 0.15) is 11.6 Å². The average Bonchev–Trinajstić information content (AvgIpc) is 3.40. The van der Waals surface area contributed by atoms with Crippen LogP contribution in [0.5, 0.6) is 0 Å². The summed E-state index contributed by atoms with van der Waals surface area (Å²) in [7, 11) is 0. The Hall–Kier alpha value is -4.26. The van der Waals surface area contributed by atoms with Gasteiger partial charge in [0.2, 0.25) is 11.8 Å². The zero-order chi connectivity index (χ0) is 27.0. The fourth-order valence-electron chi connectivity index (χ4n) is 3.23. The molecule has 1 aliphatic heterocycles. The summed E-state index contributed by atoms with van der Waals surface area (Å²) in [5, 5.41) is 5.34. The standard InChI is InChI=1S/C18H17F4N3O2.C6H7N3O.CH4/c19-12-1-4-16(15(7-12)18(20,21)22)25-14-3-2-13(23-9-14)8-24-17(26)11-5-6-27-10-11;7-5-2-1-4(3-9-5)6(8)10;/h1-4,7,9,11,25H,5-6,8,10H2,(H,24,26);1-3H,(H2,7,9)(H2,8,10);1H4/t11-;;/m1../s1. The van der Waals surface area contributed by atoms with Gasteiger partial charge in [-0.2, -0.15) is 13.2 Å². The number of primary amides is 1. The maximum Gasteiger partial charge on any atom is 0.418 e. The van der Waals surface area contributed by atoms with Crippen LogP contribution in [-0.2, 0) is 22.3 Å². The van der Waals surface area contributed by atoms with Crippen LogP contribution in [0.15, 0.2) is 54.9 Å². The maximum atomic E-state index is 13.1. The van der Waals surface area contributed by atoms with Crippen LogP contribution in [0.3, 0.4) is 0 Å². The minimum Gasteiger partial charge on any atom is -0.384 e. The Morgan fingerprint density at radius 2 is 1.84 bits per heavy atom. The number of carbonyl (C=O) groups excluding carboxylic acids is 2. The van der Waals surface area contributed by atoms with Gasteiger partial charge in [0, 0.05) is 12.8 Å². The lowest BCUT2D eigenvalue weighted by molar-refractivity contribution is -0.137. The Morgan fingerprint density at radius 3 is 2.39 bits per heavy atom. The normalized spacial score (nSPS) is 14.5. The van der Waals surface area contributed by atoms with Gasteiger partial charge in [-0.1, -0.05) is 7.43 Å². The topological polar surface area (TPSA) is 145 Å². The van der Waals surface area contributed by atoms with Crippen molar-refractivity contribution >= 4 is 29.0 Å². The molecule has 0 spiro atoms. The average molecular weight is 537 g/mol. The van der Waals surface area contributed by atoms with Crippen LogP contribution in [0.25, 0.3) is 0 Å². The molecule has 2 aromatic heterocycles. The summed E-state index contributed by atoms with van der Waals surface area (Å²) < 4.78 is 57.4. The fourth-order valence-corrected chi connectivity index (χ4v) is 3.23. The number of nitrogens with two attached hydrogens (primary N) is 2. The van der Waals surface area contributed by atoms with Gasteiger partial charge in [-0.15, -0.1) is 0 Å². The van der Waals surface area contributed by atoms with E-state index < -0.39 is 23.5 Å². The predicted molar refractivity (Wildman–Crippen MR) is 134 cm³/mol.